The zero-order valence-electron chi connectivity index (χ0n) is 10.9. The number of carbonyl (C=O) groups is 2. The SMILES string of the molecule is CC(C)NC(=O)CC(Nc1ccc(Cl)cc1)C(N)=O. The molecule has 0 bridgehead atoms. The van der Waals surface area contributed by atoms with Crippen molar-refractivity contribution in [3.05, 3.63) is 29.3 Å². The maximum Gasteiger partial charge on any atom is 0.240 e. The zero-order valence-corrected chi connectivity index (χ0v) is 11.7. The van der Waals surface area contributed by atoms with Crippen LogP contribution in [0.15, 0.2) is 24.3 Å². The molecule has 0 fully saturated rings. The van der Waals surface area contributed by atoms with Gasteiger partial charge in [-0.15, -0.1) is 0 Å². The minimum absolute atomic E-state index is 0.00383. The normalized spacial score (nSPS) is 12.0. The molecule has 0 aliphatic carbocycles. The molecule has 1 aromatic rings. The van der Waals surface area contributed by atoms with Crippen LogP contribution in [-0.4, -0.2) is 23.9 Å². The van der Waals surface area contributed by atoms with E-state index in [2.05, 4.69) is 10.6 Å². The van der Waals surface area contributed by atoms with E-state index in [0.717, 1.165) is 0 Å². The number of rotatable bonds is 6. The van der Waals surface area contributed by atoms with Crippen LogP contribution in [0, 0.1) is 0 Å². The van der Waals surface area contributed by atoms with Gasteiger partial charge in [0.15, 0.2) is 0 Å². The lowest BCUT2D eigenvalue weighted by Crippen LogP contribution is -2.41. The van der Waals surface area contributed by atoms with Crippen LogP contribution in [-0.2, 0) is 9.59 Å². The van der Waals surface area contributed by atoms with Crippen LogP contribution in [0.4, 0.5) is 5.69 Å². The van der Waals surface area contributed by atoms with Gasteiger partial charge in [0.2, 0.25) is 11.8 Å². The molecule has 0 spiro atoms. The molecule has 0 heterocycles. The second-order valence-electron chi connectivity index (χ2n) is 4.53. The highest BCUT2D eigenvalue weighted by molar-refractivity contribution is 6.30. The summed E-state index contributed by atoms with van der Waals surface area (Å²) in [7, 11) is 0. The Labute approximate surface area is 117 Å². The van der Waals surface area contributed by atoms with Crippen LogP contribution < -0.4 is 16.4 Å². The molecule has 6 heteroatoms. The van der Waals surface area contributed by atoms with Crippen molar-refractivity contribution in [2.75, 3.05) is 5.32 Å². The van der Waals surface area contributed by atoms with Crippen LogP contribution >= 0.6 is 11.6 Å². The highest BCUT2D eigenvalue weighted by Crippen LogP contribution is 2.15. The Morgan fingerprint density at radius 3 is 2.32 bits per heavy atom. The van der Waals surface area contributed by atoms with Crippen LogP contribution in [0.3, 0.4) is 0 Å². The van der Waals surface area contributed by atoms with Gasteiger partial charge in [0.25, 0.3) is 0 Å². The van der Waals surface area contributed by atoms with Crippen molar-refractivity contribution in [2.24, 2.45) is 5.73 Å². The van der Waals surface area contributed by atoms with Gasteiger partial charge in [0.1, 0.15) is 6.04 Å². The lowest BCUT2D eigenvalue weighted by Gasteiger charge is -2.17. The molecule has 4 N–H and O–H groups in total. The number of nitrogens with one attached hydrogen (secondary N) is 2. The molecule has 0 aliphatic rings. The molecule has 1 aromatic carbocycles. The van der Waals surface area contributed by atoms with E-state index in [9.17, 15) is 9.59 Å². The third-order valence-corrected chi connectivity index (χ3v) is 2.62. The molecule has 19 heavy (non-hydrogen) atoms. The van der Waals surface area contributed by atoms with Gasteiger partial charge >= 0.3 is 0 Å². The number of benzene rings is 1. The zero-order chi connectivity index (χ0) is 14.4. The molecule has 0 aromatic heterocycles. The van der Waals surface area contributed by atoms with Crippen molar-refractivity contribution < 1.29 is 9.59 Å². The number of amides is 2. The molecule has 0 saturated carbocycles. The Bertz CT molecular complexity index is 446. The Hall–Kier alpha value is -1.75. The molecule has 0 aliphatic heterocycles. The second kappa shape index (κ2) is 6.99. The second-order valence-corrected chi connectivity index (χ2v) is 4.97. The van der Waals surface area contributed by atoms with E-state index >= 15 is 0 Å². The molecule has 0 saturated heterocycles. The number of hydrogen-bond acceptors (Lipinski definition) is 3. The number of carbonyl (C=O) groups excluding carboxylic acids is 2. The van der Waals surface area contributed by atoms with E-state index in [0.29, 0.717) is 10.7 Å². The number of hydrogen-bond donors (Lipinski definition) is 3. The van der Waals surface area contributed by atoms with Crippen LogP contribution in [0.1, 0.15) is 20.3 Å². The van der Waals surface area contributed by atoms with E-state index in [1.807, 2.05) is 13.8 Å². The van der Waals surface area contributed by atoms with Gasteiger partial charge < -0.3 is 16.4 Å². The van der Waals surface area contributed by atoms with E-state index in [1.165, 1.54) is 0 Å². The molecule has 104 valence electrons. The largest absolute Gasteiger partial charge is 0.373 e. The summed E-state index contributed by atoms with van der Waals surface area (Å²) in [6, 6.07) is 6.10. The summed E-state index contributed by atoms with van der Waals surface area (Å²) >= 11 is 5.77. The number of anilines is 1. The van der Waals surface area contributed by atoms with Gasteiger partial charge in [-0.1, -0.05) is 11.6 Å². The fourth-order valence-electron chi connectivity index (χ4n) is 1.54. The van der Waals surface area contributed by atoms with Gasteiger partial charge in [0.05, 0.1) is 6.42 Å². The summed E-state index contributed by atoms with van der Waals surface area (Å²) in [5.41, 5.74) is 5.97. The molecule has 0 radical (unpaired) electrons. The van der Waals surface area contributed by atoms with Crippen LogP contribution in [0.25, 0.3) is 0 Å². The summed E-state index contributed by atoms with van der Waals surface area (Å²) in [6.45, 7) is 3.70. The predicted octanol–water partition coefficient (Wildman–Crippen LogP) is 1.52. The van der Waals surface area contributed by atoms with Crippen molar-refractivity contribution in [3.63, 3.8) is 0 Å². The van der Waals surface area contributed by atoms with Crippen molar-refractivity contribution >= 4 is 29.1 Å². The summed E-state index contributed by atoms with van der Waals surface area (Å²) in [5, 5.41) is 6.23. The average molecular weight is 284 g/mol. The summed E-state index contributed by atoms with van der Waals surface area (Å²) in [6.07, 6.45) is -0.00383. The third-order valence-electron chi connectivity index (χ3n) is 2.37. The standard InChI is InChI=1S/C13H18ClN3O2/c1-8(2)16-12(18)7-11(13(15)19)17-10-5-3-9(14)4-6-10/h3-6,8,11,17H,7H2,1-2H3,(H2,15,19)(H,16,18). The van der Waals surface area contributed by atoms with Crippen LogP contribution in [0.5, 0.6) is 0 Å². The lowest BCUT2D eigenvalue weighted by molar-refractivity contribution is -0.125. The van der Waals surface area contributed by atoms with E-state index in [-0.39, 0.29) is 18.4 Å². The van der Waals surface area contributed by atoms with Gasteiger partial charge in [-0.05, 0) is 38.1 Å². The molecule has 1 atom stereocenters. The maximum atomic E-state index is 11.6. The fourth-order valence-corrected chi connectivity index (χ4v) is 1.66. The predicted molar refractivity (Wildman–Crippen MR) is 76.0 cm³/mol. The van der Waals surface area contributed by atoms with Gasteiger partial charge in [-0.3, -0.25) is 9.59 Å². The van der Waals surface area contributed by atoms with Crippen molar-refractivity contribution in [1.82, 2.24) is 5.32 Å². The first-order valence-corrected chi connectivity index (χ1v) is 6.37. The molecule has 5 nitrogen and oxygen atoms in total. The Morgan fingerprint density at radius 1 is 1.26 bits per heavy atom. The smallest absolute Gasteiger partial charge is 0.240 e. The van der Waals surface area contributed by atoms with E-state index in [4.69, 9.17) is 17.3 Å². The first kappa shape index (κ1) is 15.3. The van der Waals surface area contributed by atoms with Crippen molar-refractivity contribution in [2.45, 2.75) is 32.4 Å². The van der Waals surface area contributed by atoms with Crippen LogP contribution in [0.2, 0.25) is 5.02 Å². The molecule has 1 rings (SSSR count). The highest BCUT2D eigenvalue weighted by Gasteiger charge is 2.19. The van der Waals surface area contributed by atoms with Gasteiger partial charge in [-0.2, -0.15) is 0 Å². The number of primary amides is 1. The first-order chi connectivity index (χ1) is 8.88. The first-order valence-electron chi connectivity index (χ1n) is 5.99. The minimum atomic E-state index is -0.750. The van der Waals surface area contributed by atoms with Gasteiger partial charge in [-0.25, -0.2) is 0 Å². The Kier molecular flexibility index (Phi) is 5.63. The molecular weight excluding hydrogens is 266 g/mol. The number of nitrogens with two attached hydrogens (primary N) is 1. The van der Waals surface area contributed by atoms with E-state index in [1.54, 1.807) is 24.3 Å². The topological polar surface area (TPSA) is 84.2 Å². The minimum Gasteiger partial charge on any atom is -0.373 e. The Morgan fingerprint density at radius 2 is 1.84 bits per heavy atom. The number of halogens is 1. The Balaban J connectivity index is 2.65. The monoisotopic (exact) mass is 283 g/mol. The lowest BCUT2D eigenvalue weighted by atomic mass is 10.1. The quantitative estimate of drug-likeness (QED) is 0.740. The summed E-state index contributed by atoms with van der Waals surface area (Å²) in [4.78, 5) is 23.0. The van der Waals surface area contributed by atoms with Crippen molar-refractivity contribution in [1.29, 1.82) is 0 Å². The summed E-state index contributed by atoms with van der Waals surface area (Å²) in [5.74, 6) is -0.797. The fraction of sp³-hybridized carbons (Fsp3) is 0.385. The third kappa shape index (κ3) is 5.61. The van der Waals surface area contributed by atoms with Gasteiger partial charge in [0, 0.05) is 16.8 Å². The molecule has 2 amide bonds. The van der Waals surface area contributed by atoms with E-state index < -0.39 is 11.9 Å². The summed E-state index contributed by atoms with van der Waals surface area (Å²) < 4.78 is 0. The molecule has 1 unspecified atom stereocenters. The maximum absolute atomic E-state index is 11.6. The average Bonchev–Trinajstić information content (AvgIpc) is 2.29. The highest BCUT2D eigenvalue weighted by atomic mass is 35.5. The molecular formula is C13H18ClN3O2. The van der Waals surface area contributed by atoms with Crippen molar-refractivity contribution in [3.8, 4) is 0 Å².